The van der Waals surface area contributed by atoms with Crippen LogP contribution in [-0.4, -0.2) is 17.5 Å². The van der Waals surface area contributed by atoms with Gasteiger partial charge in [0.1, 0.15) is 5.75 Å². The number of amides is 2. The molecule has 0 unspecified atom stereocenters. The van der Waals surface area contributed by atoms with Crippen LogP contribution >= 0.6 is 11.6 Å². The van der Waals surface area contributed by atoms with Crippen molar-refractivity contribution in [1.29, 1.82) is 0 Å². The predicted octanol–water partition coefficient (Wildman–Crippen LogP) is 4.37. The Labute approximate surface area is 140 Å². The van der Waals surface area contributed by atoms with E-state index in [1.165, 1.54) is 18.2 Å². The minimum atomic E-state index is -4.82. The van der Waals surface area contributed by atoms with Crippen molar-refractivity contribution in [1.82, 2.24) is 0 Å². The number of rotatable bonds is 4. The lowest BCUT2D eigenvalue weighted by molar-refractivity contribution is -0.274. The third kappa shape index (κ3) is 5.04. The second-order valence-electron chi connectivity index (χ2n) is 4.58. The van der Waals surface area contributed by atoms with Crippen LogP contribution in [0.3, 0.4) is 0 Å². The van der Waals surface area contributed by atoms with Gasteiger partial charge in [0.15, 0.2) is 0 Å². The number of aliphatic hydroxyl groups excluding tert-OH is 1. The molecule has 2 rings (SSSR count). The van der Waals surface area contributed by atoms with Crippen LogP contribution in [0.2, 0.25) is 5.02 Å². The van der Waals surface area contributed by atoms with Crippen molar-refractivity contribution in [3.05, 3.63) is 53.1 Å². The molecule has 0 aromatic heterocycles. The number of anilines is 2. The van der Waals surface area contributed by atoms with Crippen molar-refractivity contribution in [3.63, 3.8) is 0 Å². The van der Waals surface area contributed by atoms with Gasteiger partial charge in [-0.3, -0.25) is 0 Å². The number of ether oxygens (including phenoxy) is 1. The molecule has 0 radical (unpaired) electrons. The lowest BCUT2D eigenvalue weighted by Gasteiger charge is -2.13. The van der Waals surface area contributed by atoms with Gasteiger partial charge in [0.2, 0.25) is 0 Å². The van der Waals surface area contributed by atoms with Crippen LogP contribution in [0.4, 0.5) is 29.3 Å². The summed E-state index contributed by atoms with van der Waals surface area (Å²) in [4.78, 5) is 11.9. The predicted molar refractivity (Wildman–Crippen MR) is 83.1 cm³/mol. The van der Waals surface area contributed by atoms with Crippen molar-refractivity contribution in [2.45, 2.75) is 13.0 Å². The summed E-state index contributed by atoms with van der Waals surface area (Å²) in [5.41, 5.74) is 0.704. The van der Waals surface area contributed by atoms with Gasteiger partial charge in [-0.2, -0.15) is 0 Å². The summed E-state index contributed by atoms with van der Waals surface area (Å²) in [6, 6.07) is 8.78. The molecule has 3 N–H and O–H groups in total. The van der Waals surface area contributed by atoms with E-state index < -0.39 is 18.1 Å². The zero-order valence-electron chi connectivity index (χ0n) is 12.0. The summed E-state index contributed by atoms with van der Waals surface area (Å²) in [5, 5.41) is 14.4. The SMILES string of the molecule is O=C(Nc1cccc(OC(F)(F)F)c1)Nc1cccc(Cl)c1CO. The fraction of sp³-hybridized carbons (Fsp3) is 0.133. The molecule has 0 saturated carbocycles. The molecule has 0 heterocycles. The maximum absolute atomic E-state index is 12.2. The van der Waals surface area contributed by atoms with Gasteiger partial charge in [-0.05, 0) is 24.3 Å². The summed E-state index contributed by atoms with van der Waals surface area (Å²) in [5.74, 6) is -0.459. The van der Waals surface area contributed by atoms with Gasteiger partial charge in [0.25, 0.3) is 0 Å². The van der Waals surface area contributed by atoms with E-state index in [-0.39, 0.29) is 23.0 Å². The second-order valence-corrected chi connectivity index (χ2v) is 4.99. The Balaban J connectivity index is 2.08. The maximum atomic E-state index is 12.2. The van der Waals surface area contributed by atoms with Crippen molar-refractivity contribution >= 4 is 29.0 Å². The molecular weight excluding hydrogens is 349 g/mol. The minimum Gasteiger partial charge on any atom is -0.406 e. The molecule has 0 atom stereocenters. The first kappa shape index (κ1) is 17.9. The van der Waals surface area contributed by atoms with E-state index in [9.17, 15) is 23.1 Å². The quantitative estimate of drug-likeness (QED) is 0.758. The molecule has 9 heteroatoms. The van der Waals surface area contributed by atoms with Gasteiger partial charge in [0, 0.05) is 28.0 Å². The highest BCUT2D eigenvalue weighted by molar-refractivity contribution is 6.31. The molecule has 0 bridgehead atoms. The smallest absolute Gasteiger partial charge is 0.406 e. The number of carbonyl (C=O) groups excluding carboxylic acids is 1. The third-order valence-corrected chi connectivity index (χ3v) is 3.20. The monoisotopic (exact) mass is 360 g/mol. The Bertz CT molecular complexity index is 738. The molecule has 2 aromatic carbocycles. The lowest BCUT2D eigenvalue weighted by Crippen LogP contribution is -2.21. The third-order valence-electron chi connectivity index (χ3n) is 2.85. The number of nitrogens with one attached hydrogen (secondary N) is 2. The molecule has 128 valence electrons. The Morgan fingerprint density at radius 2 is 1.88 bits per heavy atom. The van der Waals surface area contributed by atoms with Gasteiger partial charge >= 0.3 is 12.4 Å². The van der Waals surface area contributed by atoms with Gasteiger partial charge in [-0.15, -0.1) is 13.2 Å². The van der Waals surface area contributed by atoms with Gasteiger partial charge in [-0.1, -0.05) is 23.7 Å². The average molecular weight is 361 g/mol. The van der Waals surface area contributed by atoms with Crippen LogP contribution in [0.5, 0.6) is 5.75 Å². The largest absolute Gasteiger partial charge is 0.573 e. The summed E-state index contributed by atoms with van der Waals surface area (Å²) >= 11 is 5.90. The fourth-order valence-corrected chi connectivity index (χ4v) is 2.13. The van der Waals surface area contributed by atoms with E-state index in [0.717, 1.165) is 12.1 Å². The zero-order valence-corrected chi connectivity index (χ0v) is 12.8. The molecule has 0 saturated heterocycles. The first-order chi connectivity index (χ1) is 11.3. The first-order valence-electron chi connectivity index (χ1n) is 6.60. The van der Waals surface area contributed by atoms with E-state index in [1.807, 2.05) is 0 Å². The van der Waals surface area contributed by atoms with Crippen molar-refractivity contribution in [3.8, 4) is 5.75 Å². The topological polar surface area (TPSA) is 70.6 Å². The normalized spacial score (nSPS) is 11.0. The fourth-order valence-electron chi connectivity index (χ4n) is 1.89. The Morgan fingerprint density at radius 3 is 2.54 bits per heavy atom. The molecule has 2 aromatic rings. The van der Waals surface area contributed by atoms with Gasteiger partial charge < -0.3 is 20.5 Å². The number of urea groups is 1. The number of benzene rings is 2. The van der Waals surface area contributed by atoms with Crippen LogP contribution in [0.15, 0.2) is 42.5 Å². The van der Waals surface area contributed by atoms with Crippen molar-refractivity contribution in [2.75, 3.05) is 10.6 Å². The molecule has 0 fully saturated rings. The van der Waals surface area contributed by atoms with E-state index >= 15 is 0 Å². The van der Waals surface area contributed by atoms with Crippen molar-refractivity contribution in [2.24, 2.45) is 0 Å². The van der Waals surface area contributed by atoms with E-state index in [1.54, 1.807) is 12.1 Å². The lowest BCUT2D eigenvalue weighted by atomic mass is 10.2. The summed E-state index contributed by atoms with van der Waals surface area (Å²) in [6.07, 6.45) is -4.82. The first-order valence-corrected chi connectivity index (χ1v) is 6.98. The van der Waals surface area contributed by atoms with E-state index in [2.05, 4.69) is 15.4 Å². The molecule has 0 aliphatic rings. The van der Waals surface area contributed by atoms with Gasteiger partial charge in [0.05, 0.1) is 6.61 Å². The Hall–Kier alpha value is -2.45. The number of halogens is 4. The number of alkyl halides is 3. The molecule has 5 nitrogen and oxygen atoms in total. The molecule has 0 spiro atoms. The highest BCUT2D eigenvalue weighted by Gasteiger charge is 2.31. The summed E-state index contributed by atoms with van der Waals surface area (Å²) in [6.45, 7) is -0.385. The molecule has 2 amide bonds. The van der Waals surface area contributed by atoms with Crippen molar-refractivity contribution < 1.29 is 27.8 Å². The molecular formula is C15H12ClF3N2O3. The van der Waals surface area contributed by atoms with Crippen LogP contribution < -0.4 is 15.4 Å². The number of aliphatic hydroxyl groups is 1. The number of hydrogen-bond acceptors (Lipinski definition) is 3. The van der Waals surface area contributed by atoms with Crippen LogP contribution in [0, 0.1) is 0 Å². The highest BCUT2D eigenvalue weighted by Crippen LogP contribution is 2.26. The highest BCUT2D eigenvalue weighted by atomic mass is 35.5. The van der Waals surface area contributed by atoms with Crippen LogP contribution in [0.1, 0.15) is 5.56 Å². The number of carbonyl (C=O) groups is 1. The standard InChI is InChI=1S/C15H12ClF3N2O3/c16-12-5-2-6-13(11(12)8-22)21-14(23)20-9-3-1-4-10(7-9)24-15(17,18)19/h1-7,22H,8H2,(H2,20,21,23). The summed E-state index contributed by atoms with van der Waals surface area (Å²) in [7, 11) is 0. The average Bonchev–Trinajstić information content (AvgIpc) is 2.46. The molecule has 24 heavy (non-hydrogen) atoms. The maximum Gasteiger partial charge on any atom is 0.573 e. The number of hydrogen-bond donors (Lipinski definition) is 3. The van der Waals surface area contributed by atoms with Crippen LogP contribution in [-0.2, 0) is 6.61 Å². The van der Waals surface area contributed by atoms with E-state index in [4.69, 9.17) is 11.6 Å². The minimum absolute atomic E-state index is 0.0989. The van der Waals surface area contributed by atoms with Crippen LogP contribution in [0.25, 0.3) is 0 Å². The van der Waals surface area contributed by atoms with Gasteiger partial charge in [-0.25, -0.2) is 4.79 Å². The summed E-state index contributed by atoms with van der Waals surface area (Å²) < 4.78 is 40.3. The second kappa shape index (κ2) is 7.41. The molecule has 0 aliphatic heterocycles. The Kier molecular flexibility index (Phi) is 5.53. The Morgan fingerprint density at radius 1 is 1.17 bits per heavy atom. The van der Waals surface area contributed by atoms with E-state index in [0.29, 0.717) is 5.56 Å². The zero-order chi connectivity index (χ0) is 17.7. The molecule has 0 aliphatic carbocycles.